The number of rotatable bonds is 8. The van der Waals surface area contributed by atoms with E-state index in [1.165, 1.54) is 6.08 Å². The predicted molar refractivity (Wildman–Crippen MR) is 130 cm³/mol. The smallest absolute Gasteiger partial charge is 0.248 e. The summed E-state index contributed by atoms with van der Waals surface area (Å²) in [5, 5.41) is 13.3. The highest BCUT2D eigenvalue weighted by Crippen LogP contribution is 2.17. The van der Waals surface area contributed by atoms with Gasteiger partial charge in [-0.3, -0.25) is 14.6 Å². The van der Waals surface area contributed by atoms with E-state index in [1.54, 1.807) is 12.3 Å². The second-order valence-corrected chi connectivity index (χ2v) is 8.49. The van der Waals surface area contributed by atoms with Gasteiger partial charge in [-0.25, -0.2) is 4.98 Å². The molecule has 2 aromatic rings. The van der Waals surface area contributed by atoms with Crippen molar-refractivity contribution in [1.82, 2.24) is 14.8 Å². The van der Waals surface area contributed by atoms with Crippen molar-refractivity contribution in [2.75, 3.05) is 75.8 Å². The second kappa shape index (κ2) is 11.9. The van der Waals surface area contributed by atoms with Crippen LogP contribution in [0.5, 0.6) is 0 Å². The third kappa shape index (κ3) is 7.36. The van der Waals surface area contributed by atoms with E-state index in [-0.39, 0.29) is 12.0 Å². The lowest BCUT2D eigenvalue weighted by Gasteiger charge is -2.37. The van der Waals surface area contributed by atoms with Crippen molar-refractivity contribution >= 4 is 23.5 Å². The SMILES string of the molecule is O=C(/C=C/c1ccccc1)Nc1ccc(N2CCN(CC(O)CN3CCOCC3)CC2)nc1. The maximum Gasteiger partial charge on any atom is 0.248 e. The van der Waals surface area contributed by atoms with Crippen LogP contribution in [-0.2, 0) is 9.53 Å². The van der Waals surface area contributed by atoms with E-state index in [2.05, 4.69) is 25.0 Å². The number of morpholine rings is 1. The number of aliphatic hydroxyl groups is 1. The number of piperazine rings is 1. The number of aromatic nitrogens is 1. The minimum atomic E-state index is -0.341. The van der Waals surface area contributed by atoms with E-state index < -0.39 is 0 Å². The first-order valence-electron chi connectivity index (χ1n) is 11.6. The Balaban J connectivity index is 1.19. The molecule has 8 heteroatoms. The molecule has 0 radical (unpaired) electrons. The van der Waals surface area contributed by atoms with Gasteiger partial charge in [0, 0.05) is 58.4 Å². The van der Waals surface area contributed by atoms with Crippen LogP contribution in [0.1, 0.15) is 5.56 Å². The molecule has 176 valence electrons. The van der Waals surface area contributed by atoms with E-state index in [4.69, 9.17) is 4.74 Å². The minimum Gasteiger partial charge on any atom is -0.390 e. The molecular weight excluding hydrogens is 418 g/mol. The van der Waals surface area contributed by atoms with Crippen LogP contribution in [0.25, 0.3) is 6.08 Å². The molecule has 0 saturated carbocycles. The number of nitrogens with one attached hydrogen (secondary N) is 1. The number of anilines is 2. The van der Waals surface area contributed by atoms with Crippen molar-refractivity contribution in [2.24, 2.45) is 0 Å². The molecular formula is C25H33N5O3. The van der Waals surface area contributed by atoms with Crippen LogP contribution in [0.15, 0.2) is 54.7 Å². The van der Waals surface area contributed by atoms with Gasteiger partial charge in [-0.2, -0.15) is 0 Å². The van der Waals surface area contributed by atoms with Gasteiger partial charge in [-0.15, -0.1) is 0 Å². The Labute approximate surface area is 195 Å². The zero-order chi connectivity index (χ0) is 22.9. The summed E-state index contributed by atoms with van der Waals surface area (Å²) in [4.78, 5) is 23.5. The first-order chi connectivity index (χ1) is 16.2. The van der Waals surface area contributed by atoms with E-state index in [1.807, 2.05) is 42.5 Å². The van der Waals surface area contributed by atoms with E-state index in [9.17, 15) is 9.90 Å². The van der Waals surface area contributed by atoms with Crippen LogP contribution in [0.4, 0.5) is 11.5 Å². The molecule has 1 amide bonds. The van der Waals surface area contributed by atoms with Crippen LogP contribution < -0.4 is 10.2 Å². The molecule has 33 heavy (non-hydrogen) atoms. The third-order valence-corrected chi connectivity index (χ3v) is 5.98. The maximum absolute atomic E-state index is 12.2. The van der Waals surface area contributed by atoms with Gasteiger partial charge in [-0.05, 0) is 23.8 Å². The van der Waals surface area contributed by atoms with Gasteiger partial charge >= 0.3 is 0 Å². The highest BCUT2D eigenvalue weighted by Gasteiger charge is 2.22. The first-order valence-corrected chi connectivity index (χ1v) is 11.6. The van der Waals surface area contributed by atoms with Gasteiger partial charge in [0.05, 0.1) is 31.2 Å². The molecule has 2 saturated heterocycles. The number of hydrogen-bond donors (Lipinski definition) is 2. The Hall–Kier alpha value is -2.78. The average molecular weight is 452 g/mol. The van der Waals surface area contributed by atoms with Gasteiger partial charge < -0.3 is 20.1 Å². The maximum atomic E-state index is 12.2. The van der Waals surface area contributed by atoms with E-state index >= 15 is 0 Å². The summed E-state index contributed by atoms with van der Waals surface area (Å²) in [5.41, 5.74) is 1.65. The standard InChI is InChI=1S/C25H33N5O3/c31-23(20-29-14-16-33-17-15-29)19-28-10-12-30(13-11-28)24-8-7-22(18-26-24)27-25(32)9-6-21-4-2-1-3-5-21/h1-9,18,23,31H,10-17,19-20H2,(H,27,32)/b9-6+. The van der Waals surface area contributed by atoms with Gasteiger partial charge in [-0.1, -0.05) is 30.3 Å². The van der Waals surface area contributed by atoms with Crippen molar-refractivity contribution in [2.45, 2.75) is 6.10 Å². The Morgan fingerprint density at radius 3 is 2.36 bits per heavy atom. The average Bonchev–Trinajstić information content (AvgIpc) is 2.85. The summed E-state index contributed by atoms with van der Waals surface area (Å²) in [5.74, 6) is 0.721. The van der Waals surface area contributed by atoms with Crippen molar-refractivity contribution in [3.8, 4) is 0 Å². The first kappa shape index (κ1) is 23.4. The summed E-state index contributed by atoms with van der Waals surface area (Å²) in [6.45, 7) is 8.23. The number of carbonyl (C=O) groups excluding carboxylic acids is 1. The lowest BCUT2D eigenvalue weighted by Crippen LogP contribution is -2.51. The monoisotopic (exact) mass is 451 g/mol. The largest absolute Gasteiger partial charge is 0.390 e. The topological polar surface area (TPSA) is 81.2 Å². The molecule has 4 rings (SSSR count). The summed E-state index contributed by atoms with van der Waals surface area (Å²) in [6, 6.07) is 13.5. The van der Waals surface area contributed by atoms with Crippen LogP contribution in [-0.4, -0.2) is 97.5 Å². The summed E-state index contributed by atoms with van der Waals surface area (Å²) >= 11 is 0. The molecule has 0 aliphatic carbocycles. The van der Waals surface area contributed by atoms with Crippen LogP contribution in [0.2, 0.25) is 0 Å². The number of benzene rings is 1. The number of hydrogen-bond acceptors (Lipinski definition) is 7. The fraction of sp³-hybridized carbons (Fsp3) is 0.440. The van der Waals surface area contributed by atoms with E-state index in [0.29, 0.717) is 18.8 Å². The normalized spacial score (nSPS) is 19.0. The molecule has 2 aliphatic heterocycles. The molecule has 0 spiro atoms. The van der Waals surface area contributed by atoms with Crippen LogP contribution in [0, 0.1) is 0 Å². The number of β-amino-alcohol motifs (C(OH)–C–C–N with tert-alkyl or cyclic N) is 1. The number of pyridine rings is 1. The Kier molecular flexibility index (Phi) is 8.43. The molecule has 1 atom stereocenters. The number of ether oxygens (including phenoxy) is 1. The quantitative estimate of drug-likeness (QED) is 0.590. The van der Waals surface area contributed by atoms with Crippen LogP contribution >= 0.6 is 0 Å². The van der Waals surface area contributed by atoms with Gasteiger partial charge in [0.2, 0.25) is 5.91 Å². The minimum absolute atomic E-state index is 0.183. The molecule has 1 aromatic heterocycles. The zero-order valence-corrected chi connectivity index (χ0v) is 19.0. The molecule has 2 aliphatic rings. The van der Waals surface area contributed by atoms with Crippen molar-refractivity contribution in [3.63, 3.8) is 0 Å². The Morgan fingerprint density at radius 1 is 1.00 bits per heavy atom. The number of aliphatic hydroxyl groups excluding tert-OH is 1. The Bertz CT molecular complexity index is 892. The number of carbonyl (C=O) groups is 1. The highest BCUT2D eigenvalue weighted by molar-refractivity contribution is 6.01. The lowest BCUT2D eigenvalue weighted by atomic mass is 10.2. The molecule has 1 aromatic carbocycles. The number of nitrogens with zero attached hydrogens (tertiary/aromatic N) is 4. The van der Waals surface area contributed by atoms with Crippen molar-refractivity contribution in [3.05, 3.63) is 60.3 Å². The number of amides is 1. The summed E-state index contributed by atoms with van der Waals surface area (Å²) in [6.07, 6.45) is 4.67. The van der Waals surface area contributed by atoms with E-state index in [0.717, 1.165) is 63.9 Å². The molecule has 2 N–H and O–H groups in total. The van der Waals surface area contributed by atoms with Crippen molar-refractivity contribution in [1.29, 1.82) is 0 Å². The third-order valence-electron chi connectivity index (χ3n) is 5.98. The van der Waals surface area contributed by atoms with Gasteiger partial charge in [0.1, 0.15) is 5.82 Å². The predicted octanol–water partition coefficient (Wildman–Crippen LogP) is 1.55. The Morgan fingerprint density at radius 2 is 1.70 bits per heavy atom. The molecule has 2 fully saturated rings. The summed E-state index contributed by atoms with van der Waals surface area (Å²) in [7, 11) is 0. The van der Waals surface area contributed by atoms with Crippen LogP contribution in [0.3, 0.4) is 0 Å². The fourth-order valence-corrected chi connectivity index (χ4v) is 4.16. The zero-order valence-electron chi connectivity index (χ0n) is 19.0. The molecule has 1 unspecified atom stereocenters. The van der Waals surface area contributed by atoms with Gasteiger partial charge in [0.25, 0.3) is 0 Å². The molecule has 3 heterocycles. The van der Waals surface area contributed by atoms with Crippen molar-refractivity contribution < 1.29 is 14.6 Å². The molecule has 0 bridgehead atoms. The fourth-order valence-electron chi connectivity index (χ4n) is 4.16. The summed E-state index contributed by atoms with van der Waals surface area (Å²) < 4.78 is 5.37. The highest BCUT2D eigenvalue weighted by atomic mass is 16.5. The van der Waals surface area contributed by atoms with Gasteiger partial charge in [0.15, 0.2) is 0 Å². The second-order valence-electron chi connectivity index (χ2n) is 8.49. The molecule has 8 nitrogen and oxygen atoms in total. The lowest BCUT2D eigenvalue weighted by molar-refractivity contribution is -0.111.